The van der Waals surface area contributed by atoms with E-state index in [-0.39, 0.29) is 5.97 Å². The molecule has 6 heteroatoms. The minimum Gasteiger partial charge on any atom is -0.462 e. The Hall–Kier alpha value is -1.98. The van der Waals surface area contributed by atoms with E-state index in [4.69, 9.17) is 9.47 Å². The minimum atomic E-state index is -0.581. The van der Waals surface area contributed by atoms with Crippen molar-refractivity contribution in [1.82, 2.24) is 4.68 Å². The molecule has 0 unspecified atom stereocenters. The zero-order valence-corrected chi connectivity index (χ0v) is 13.6. The summed E-state index contributed by atoms with van der Waals surface area (Å²) < 4.78 is 11.8. The summed E-state index contributed by atoms with van der Waals surface area (Å²) in [6.45, 7) is 11.1. The highest BCUT2D eigenvalue weighted by Gasteiger charge is 2.22. The molecule has 0 bridgehead atoms. The first-order valence-electron chi connectivity index (χ1n) is 7.07. The normalized spacial score (nSPS) is 11.1. The third-order valence-corrected chi connectivity index (χ3v) is 2.80. The van der Waals surface area contributed by atoms with Crippen LogP contribution in [-0.2, 0) is 15.9 Å². The molecule has 1 aromatic heterocycles. The monoisotopic (exact) mass is 296 g/mol. The van der Waals surface area contributed by atoms with Gasteiger partial charge in [-0.25, -0.2) is 15.0 Å². The molecule has 118 valence electrons. The summed E-state index contributed by atoms with van der Waals surface area (Å²) in [5.41, 5.74) is 3.96. The van der Waals surface area contributed by atoms with Gasteiger partial charge in [0.25, 0.3) is 0 Å². The summed E-state index contributed by atoms with van der Waals surface area (Å²) in [4.78, 5) is 23.8. The van der Waals surface area contributed by atoms with Crippen LogP contribution in [0.5, 0.6) is 0 Å². The van der Waals surface area contributed by atoms with Crippen LogP contribution in [0.25, 0.3) is 0 Å². The first-order valence-corrected chi connectivity index (χ1v) is 7.07. The van der Waals surface area contributed by atoms with Gasteiger partial charge in [-0.1, -0.05) is 6.92 Å². The summed E-state index contributed by atoms with van der Waals surface area (Å²) in [6, 6.07) is 0. The molecule has 0 aliphatic heterocycles. The van der Waals surface area contributed by atoms with Gasteiger partial charge in [-0.05, 0) is 46.6 Å². The fourth-order valence-corrected chi connectivity index (χ4v) is 1.94. The smallest absolute Gasteiger partial charge is 0.426 e. The standard InChI is InChI=1S/C15H24N2O4/c1-7-11-9-17(16-14(19)21-15(4,5)6)10(3)12(11)13(18)20-8-2/h9H,7-8H2,1-6H3,(H,16,19). The summed E-state index contributed by atoms with van der Waals surface area (Å²) in [5, 5.41) is 0. The molecule has 0 fully saturated rings. The van der Waals surface area contributed by atoms with E-state index < -0.39 is 11.7 Å². The van der Waals surface area contributed by atoms with Gasteiger partial charge >= 0.3 is 12.1 Å². The number of esters is 1. The first kappa shape index (κ1) is 17.1. The molecule has 0 aliphatic rings. The van der Waals surface area contributed by atoms with Crippen molar-refractivity contribution in [2.45, 2.75) is 53.6 Å². The predicted molar refractivity (Wildman–Crippen MR) is 80.1 cm³/mol. The number of nitrogens with one attached hydrogen (secondary N) is 1. The third kappa shape index (κ3) is 4.51. The lowest BCUT2D eigenvalue weighted by Gasteiger charge is -2.20. The molecule has 0 atom stereocenters. The molecule has 1 N–H and O–H groups in total. The second-order valence-corrected chi connectivity index (χ2v) is 5.67. The molecule has 0 radical (unpaired) electrons. The van der Waals surface area contributed by atoms with Gasteiger partial charge in [0.05, 0.1) is 17.9 Å². The third-order valence-electron chi connectivity index (χ3n) is 2.80. The molecule has 1 heterocycles. The van der Waals surface area contributed by atoms with Crippen LogP contribution in [0.15, 0.2) is 6.20 Å². The van der Waals surface area contributed by atoms with Gasteiger partial charge in [0.2, 0.25) is 0 Å². The number of aryl methyl sites for hydroxylation is 1. The molecule has 1 aromatic rings. The highest BCUT2D eigenvalue weighted by atomic mass is 16.6. The van der Waals surface area contributed by atoms with Gasteiger partial charge in [-0.3, -0.25) is 4.68 Å². The Morgan fingerprint density at radius 1 is 1.29 bits per heavy atom. The van der Waals surface area contributed by atoms with E-state index in [0.717, 1.165) is 5.56 Å². The number of carbonyl (C=O) groups excluding carboxylic acids is 2. The number of carbonyl (C=O) groups is 2. The fourth-order valence-electron chi connectivity index (χ4n) is 1.94. The van der Waals surface area contributed by atoms with E-state index in [1.54, 1.807) is 40.8 Å². The molecule has 0 aliphatic carbocycles. The molecule has 1 amide bonds. The van der Waals surface area contributed by atoms with Gasteiger partial charge in [-0.15, -0.1) is 0 Å². The Kier molecular flexibility index (Phi) is 5.41. The van der Waals surface area contributed by atoms with Crippen molar-refractivity contribution in [1.29, 1.82) is 0 Å². The van der Waals surface area contributed by atoms with E-state index in [2.05, 4.69) is 5.43 Å². The molecular weight excluding hydrogens is 272 g/mol. The van der Waals surface area contributed by atoms with Crippen molar-refractivity contribution >= 4 is 12.1 Å². The fraction of sp³-hybridized carbons (Fsp3) is 0.600. The summed E-state index contributed by atoms with van der Waals surface area (Å²) >= 11 is 0. The van der Waals surface area contributed by atoms with Crippen LogP contribution < -0.4 is 5.43 Å². The summed E-state index contributed by atoms with van der Waals surface area (Å²) in [5.74, 6) is -0.378. The van der Waals surface area contributed by atoms with Crippen molar-refractivity contribution in [3.63, 3.8) is 0 Å². The van der Waals surface area contributed by atoms with Crippen molar-refractivity contribution < 1.29 is 19.1 Å². The van der Waals surface area contributed by atoms with Crippen LogP contribution in [0.1, 0.15) is 56.2 Å². The average molecular weight is 296 g/mol. The second kappa shape index (κ2) is 6.65. The summed E-state index contributed by atoms with van der Waals surface area (Å²) in [6.07, 6.45) is 1.81. The highest BCUT2D eigenvalue weighted by molar-refractivity contribution is 5.93. The van der Waals surface area contributed by atoms with Crippen molar-refractivity contribution in [2.75, 3.05) is 12.0 Å². The highest BCUT2D eigenvalue weighted by Crippen LogP contribution is 2.18. The lowest BCUT2D eigenvalue weighted by atomic mass is 10.1. The van der Waals surface area contributed by atoms with Crippen LogP contribution in [0.2, 0.25) is 0 Å². The molecular formula is C15H24N2O4. The van der Waals surface area contributed by atoms with Crippen molar-refractivity contribution in [3.05, 3.63) is 23.0 Å². The number of hydrogen-bond acceptors (Lipinski definition) is 4. The molecule has 21 heavy (non-hydrogen) atoms. The maximum Gasteiger partial charge on any atom is 0.426 e. The van der Waals surface area contributed by atoms with E-state index in [0.29, 0.717) is 24.3 Å². The number of amides is 1. The lowest BCUT2D eigenvalue weighted by molar-refractivity contribution is 0.0521. The maximum atomic E-state index is 12.0. The number of aromatic nitrogens is 1. The topological polar surface area (TPSA) is 69.6 Å². The van der Waals surface area contributed by atoms with E-state index in [9.17, 15) is 9.59 Å². The molecule has 6 nitrogen and oxygen atoms in total. The van der Waals surface area contributed by atoms with E-state index in [1.165, 1.54) is 4.68 Å². The van der Waals surface area contributed by atoms with Crippen LogP contribution in [0, 0.1) is 6.92 Å². The Bertz CT molecular complexity index is 527. The number of rotatable bonds is 4. The van der Waals surface area contributed by atoms with E-state index in [1.807, 2.05) is 6.92 Å². The van der Waals surface area contributed by atoms with Crippen LogP contribution in [0.3, 0.4) is 0 Å². The molecule has 0 aromatic carbocycles. The average Bonchev–Trinajstić information content (AvgIpc) is 2.64. The van der Waals surface area contributed by atoms with Crippen LogP contribution in [0.4, 0.5) is 4.79 Å². The molecule has 0 saturated heterocycles. The zero-order valence-electron chi connectivity index (χ0n) is 13.6. The Labute approximate surface area is 125 Å². The van der Waals surface area contributed by atoms with Crippen LogP contribution >= 0.6 is 0 Å². The molecule has 0 saturated carbocycles. The van der Waals surface area contributed by atoms with Gasteiger partial charge in [0.1, 0.15) is 5.60 Å². The first-order chi connectivity index (χ1) is 9.69. The SMILES string of the molecule is CCOC(=O)c1c(CC)cn(NC(=O)OC(C)(C)C)c1C. The van der Waals surface area contributed by atoms with Crippen molar-refractivity contribution in [3.8, 4) is 0 Å². The Morgan fingerprint density at radius 2 is 1.90 bits per heavy atom. The van der Waals surface area contributed by atoms with Gasteiger partial charge < -0.3 is 9.47 Å². The van der Waals surface area contributed by atoms with E-state index >= 15 is 0 Å². The van der Waals surface area contributed by atoms with Crippen LogP contribution in [-0.4, -0.2) is 28.9 Å². The Morgan fingerprint density at radius 3 is 2.38 bits per heavy atom. The lowest BCUT2D eigenvalue weighted by Crippen LogP contribution is -2.31. The predicted octanol–water partition coefficient (Wildman–Crippen LogP) is 3.01. The molecule has 1 rings (SSSR count). The molecule has 0 spiro atoms. The summed E-state index contributed by atoms with van der Waals surface area (Å²) in [7, 11) is 0. The van der Waals surface area contributed by atoms with Gasteiger partial charge in [0.15, 0.2) is 0 Å². The maximum absolute atomic E-state index is 12.0. The number of hydrogen-bond donors (Lipinski definition) is 1. The van der Waals surface area contributed by atoms with Crippen molar-refractivity contribution in [2.24, 2.45) is 0 Å². The largest absolute Gasteiger partial charge is 0.462 e. The Balaban J connectivity index is 3.00. The quantitative estimate of drug-likeness (QED) is 0.867. The minimum absolute atomic E-state index is 0.312. The number of nitrogens with zero attached hydrogens (tertiary/aromatic N) is 1. The van der Waals surface area contributed by atoms with Gasteiger partial charge in [-0.2, -0.15) is 0 Å². The zero-order chi connectivity index (χ0) is 16.2. The number of ether oxygens (including phenoxy) is 2. The second-order valence-electron chi connectivity index (χ2n) is 5.67. The van der Waals surface area contributed by atoms with Gasteiger partial charge in [0, 0.05) is 6.20 Å².